The van der Waals surface area contributed by atoms with Crippen LogP contribution in [0, 0.1) is 28.6 Å². The second-order valence-electron chi connectivity index (χ2n) is 15.8. The molecule has 4 aliphatic rings. The Morgan fingerprint density at radius 1 is 1.04 bits per heavy atom. The molecule has 4 aliphatic carbocycles. The maximum Gasteiger partial charge on any atom is 0.339 e. The van der Waals surface area contributed by atoms with Gasteiger partial charge in [-0.2, -0.15) is 0 Å². The van der Waals surface area contributed by atoms with E-state index in [-0.39, 0.29) is 45.9 Å². The minimum Gasteiger partial charge on any atom is -0.447 e. The summed E-state index contributed by atoms with van der Waals surface area (Å²) in [7, 11) is 0. The third-order valence-corrected chi connectivity index (χ3v) is 14.5. The summed E-state index contributed by atoms with van der Waals surface area (Å²) < 4.78 is 8.46. The molecule has 1 aromatic heterocycles. The number of hydrogen-bond acceptors (Lipinski definition) is 8. The summed E-state index contributed by atoms with van der Waals surface area (Å²) in [6, 6.07) is 15.5. The number of thioether (sulfide) groups is 1. The standard InChI is InChI=1S/C39H45NO5S2/c1-36(2,3)24-12-10-23(11-13-24)34(44)45-39(32(43)22-46-35-40-29-8-6-7-9-31(29)47-35)19-17-28-27-15-14-25-20-26(41)16-18-37(25,4)33(27)30(42)21-38(28,39)5/h6-13,20,27-28,30,33,42H,14-19,21-22H2,1-5H3/t27?,28?,30?,33?,37?,38?,39-/m0/s1. The van der Waals surface area contributed by atoms with Crippen molar-refractivity contribution < 1.29 is 24.2 Å². The zero-order valence-electron chi connectivity index (χ0n) is 28.0. The van der Waals surface area contributed by atoms with Gasteiger partial charge in [-0.3, -0.25) is 9.59 Å². The summed E-state index contributed by atoms with van der Waals surface area (Å²) in [6.07, 6.45) is 5.70. The number of fused-ring (bicyclic) bond motifs is 6. The van der Waals surface area contributed by atoms with Crippen LogP contribution >= 0.6 is 23.1 Å². The number of ketones is 2. The lowest BCUT2D eigenvalue weighted by atomic mass is 9.45. The fourth-order valence-electron chi connectivity index (χ4n) is 9.84. The van der Waals surface area contributed by atoms with Gasteiger partial charge in [-0.05, 0) is 103 Å². The number of aliphatic hydroxyl groups is 1. The highest BCUT2D eigenvalue weighted by Crippen LogP contribution is 2.68. The van der Waals surface area contributed by atoms with Crippen molar-refractivity contribution in [3.05, 3.63) is 71.3 Å². The number of carbonyl (C=O) groups is 3. The number of aromatic nitrogens is 1. The van der Waals surface area contributed by atoms with Crippen LogP contribution < -0.4 is 0 Å². The molecular formula is C39H45NO5S2. The Morgan fingerprint density at radius 3 is 2.51 bits per heavy atom. The molecule has 47 heavy (non-hydrogen) atoms. The number of Topliss-reactive ketones (excluding diaryl/α,β-unsaturated/α-hetero) is 1. The molecule has 7 atom stereocenters. The first-order chi connectivity index (χ1) is 22.2. The SMILES string of the molecule is CC(C)(C)c1ccc(C(=O)O[C@]2(C(=O)CSc3nc4ccccc4s3)CCC3C4CCC5=CC(=O)CCC5(C)C4C(O)CC32C)cc1. The van der Waals surface area contributed by atoms with E-state index in [9.17, 15) is 19.5 Å². The molecule has 3 fully saturated rings. The molecule has 6 nitrogen and oxygen atoms in total. The zero-order valence-corrected chi connectivity index (χ0v) is 29.6. The van der Waals surface area contributed by atoms with E-state index in [1.54, 1.807) is 23.5 Å². The lowest BCUT2D eigenvalue weighted by molar-refractivity contribution is -0.180. The lowest BCUT2D eigenvalue weighted by Gasteiger charge is -2.60. The van der Waals surface area contributed by atoms with Gasteiger partial charge in [0.05, 0.1) is 27.6 Å². The number of allylic oxidation sites excluding steroid dienone is 1. The van der Waals surface area contributed by atoms with Gasteiger partial charge in [-0.1, -0.05) is 76.2 Å². The first-order valence-corrected chi connectivity index (χ1v) is 18.8. The van der Waals surface area contributed by atoms with E-state index in [1.165, 1.54) is 17.3 Å². The van der Waals surface area contributed by atoms with Gasteiger partial charge < -0.3 is 9.84 Å². The molecule has 0 spiro atoms. The highest BCUT2D eigenvalue weighted by Gasteiger charge is 2.70. The largest absolute Gasteiger partial charge is 0.447 e. The Labute approximate surface area is 285 Å². The van der Waals surface area contributed by atoms with Gasteiger partial charge in [-0.15, -0.1) is 11.3 Å². The highest BCUT2D eigenvalue weighted by molar-refractivity contribution is 8.01. The minimum atomic E-state index is -1.37. The van der Waals surface area contributed by atoms with Gasteiger partial charge >= 0.3 is 5.97 Å². The number of benzene rings is 2. The molecule has 1 heterocycles. The number of para-hydroxylation sites is 1. The average molecular weight is 672 g/mol. The number of aliphatic hydroxyl groups excluding tert-OH is 1. The van der Waals surface area contributed by atoms with Gasteiger partial charge in [-0.25, -0.2) is 9.78 Å². The van der Waals surface area contributed by atoms with Crippen molar-refractivity contribution in [2.24, 2.45) is 28.6 Å². The van der Waals surface area contributed by atoms with Gasteiger partial charge in [0.2, 0.25) is 0 Å². The normalized spacial score (nSPS) is 33.5. The molecule has 0 amide bonds. The third-order valence-electron chi connectivity index (χ3n) is 12.3. The number of thiazole rings is 1. The molecule has 7 rings (SSSR count). The monoisotopic (exact) mass is 671 g/mol. The molecular weight excluding hydrogens is 627 g/mol. The van der Waals surface area contributed by atoms with Gasteiger partial charge in [0.1, 0.15) is 0 Å². The van der Waals surface area contributed by atoms with Crippen LogP contribution in [0.25, 0.3) is 10.2 Å². The van der Waals surface area contributed by atoms with Crippen molar-refractivity contribution in [2.75, 3.05) is 5.75 Å². The number of ether oxygens (including phenoxy) is 1. The molecule has 0 aliphatic heterocycles. The first kappa shape index (κ1) is 32.7. The van der Waals surface area contributed by atoms with Crippen molar-refractivity contribution in [1.29, 1.82) is 0 Å². The van der Waals surface area contributed by atoms with E-state index in [0.717, 1.165) is 45.8 Å². The number of esters is 1. The number of carbonyl (C=O) groups excluding carboxylic acids is 3. The van der Waals surface area contributed by atoms with Crippen molar-refractivity contribution in [3.8, 4) is 0 Å². The summed E-state index contributed by atoms with van der Waals surface area (Å²) in [5, 5.41) is 12.1. The van der Waals surface area contributed by atoms with Crippen LogP contribution in [0.2, 0.25) is 0 Å². The molecule has 3 aromatic rings. The van der Waals surface area contributed by atoms with Crippen LogP contribution in [-0.4, -0.2) is 45.1 Å². The lowest BCUT2D eigenvalue weighted by Crippen LogP contribution is -2.63. The Hall–Kier alpha value is -2.81. The summed E-state index contributed by atoms with van der Waals surface area (Å²) in [6.45, 7) is 10.7. The van der Waals surface area contributed by atoms with Gasteiger partial charge in [0.15, 0.2) is 21.5 Å². The summed E-state index contributed by atoms with van der Waals surface area (Å²) in [5.41, 5.74) is 1.23. The third kappa shape index (κ3) is 5.34. The Kier molecular flexibility index (Phi) is 8.12. The van der Waals surface area contributed by atoms with Gasteiger partial charge in [0, 0.05) is 11.8 Å². The van der Waals surface area contributed by atoms with Crippen LogP contribution in [-0.2, 0) is 19.7 Å². The van der Waals surface area contributed by atoms with E-state index in [1.807, 2.05) is 42.5 Å². The fourth-order valence-corrected chi connectivity index (χ4v) is 11.9. The molecule has 3 saturated carbocycles. The zero-order chi connectivity index (χ0) is 33.4. The van der Waals surface area contributed by atoms with E-state index in [4.69, 9.17) is 9.72 Å². The van der Waals surface area contributed by atoms with Crippen molar-refractivity contribution >= 4 is 50.9 Å². The second kappa shape index (κ2) is 11.7. The van der Waals surface area contributed by atoms with E-state index >= 15 is 0 Å². The Morgan fingerprint density at radius 2 is 1.79 bits per heavy atom. The van der Waals surface area contributed by atoms with Crippen molar-refractivity contribution in [2.45, 2.75) is 101 Å². The maximum absolute atomic E-state index is 14.7. The van der Waals surface area contributed by atoms with E-state index in [2.05, 4.69) is 34.6 Å². The summed E-state index contributed by atoms with van der Waals surface area (Å²) in [4.78, 5) is 45.8. The quantitative estimate of drug-likeness (QED) is 0.208. The predicted molar refractivity (Wildman–Crippen MR) is 187 cm³/mol. The van der Waals surface area contributed by atoms with Crippen LogP contribution in [0.5, 0.6) is 0 Å². The minimum absolute atomic E-state index is 0.0114. The summed E-state index contributed by atoms with van der Waals surface area (Å²) >= 11 is 2.97. The smallest absolute Gasteiger partial charge is 0.339 e. The molecule has 0 bridgehead atoms. The molecule has 0 radical (unpaired) electrons. The maximum atomic E-state index is 14.7. The fraction of sp³-hybridized carbons (Fsp3) is 0.538. The Balaban J connectivity index is 1.23. The molecule has 248 valence electrons. The topological polar surface area (TPSA) is 93.6 Å². The molecule has 8 heteroatoms. The number of hydrogen-bond donors (Lipinski definition) is 1. The summed E-state index contributed by atoms with van der Waals surface area (Å²) in [5.74, 6) is 0.0172. The highest BCUT2D eigenvalue weighted by atomic mass is 32.2. The molecule has 1 N–H and O–H groups in total. The van der Waals surface area contributed by atoms with Crippen LogP contribution in [0.1, 0.15) is 95.5 Å². The average Bonchev–Trinajstić information content (AvgIpc) is 3.58. The molecule has 6 unspecified atom stereocenters. The van der Waals surface area contributed by atoms with Crippen LogP contribution in [0.15, 0.2) is 64.5 Å². The van der Waals surface area contributed by atoms with E-state index in [0.29, 0.717) is 24.8 Å². The second-order valence-corrected chi connectivity index (χ2v) is 18.1. The first-order valence-electron chi connectivity index (χ1n) is 17.0. The van der Waals surface area contributed by atoms with Crippen LogP contribution in [0.3, 0.4) is 0 Å². The van der Waals surface area contributed by atoms with Gasteiger partial charge in [0.25, 0.3) is 0 Å². The molecule has 0 saturated heterocycles. The van der Waals surface area contributed by atoms with E-state index < -0.39 is 23.1 Å². The number of rotatable bonds is 6. The van der Waals surface area contributed by atoms with Crippen molar-refractivity contribution in [1.82, 2.24) is 4.98 Å². The van der Waals surface area contributed by atoms with Crippen LogP contribution in [0.4, 0.5) is 0 Å². The Bertz CT molecular complexity index is 1740. The predicted octanol–water partition coefficient (Wildman–Crippen LogP) is 8.35. The van der Waals surface area contributed by atoms with Crippen molar-refractivity contribution in [3.63, 3.8) is 0 Å². The molecule has 2 aromatic carbocycles. The number of nitrogens with zero attached hydrogens (tertiary/aromatic N) is 1.